The van der Waals surface area contributed by atoms with E-state index in [2.05, 4.69) is 0 Å². The van der Waals surface area contributed by atoms with Crippen molar-refractivity contribution in [1.82, 2.24) is 4.90 Å². The van der Waals surface area contributed by atoms with Gasteiger partial charge in [0.05, 0.1) is 6.26 Å². The van der Waals surface area contributed by atoms with Gasteiger partial charge in [-0.1, -0.05) is 12.1 Å². The average Bonchev–Trinajstić information content (AvgIpc) is 2.49. The van der Waals surface area contributed by atoms with E-state index in [0.29, 0.717) is 5.58 Å². The predicted octanol–water partition coefficient (Wildman–Crippen LogP) is 2.63. The molecule has 0 N–H and O–H groups in total. The van der Waals surface area contributed by atoms with Gasteiger partial charge >= 0.3 is 0 Å². The summed E-state index contributed by atoms with van der Waals surface area (Å²) in [6, 6.07) is 4.98. The van der Waals surface area contributed by atoms with Gasteiger partial charge in [0.15, 0.2) is 11.4 Å². The minimum absolute atomic E-state index is 0.299. The fourth-order valence-corrected chi connectivity index (χ4v) is 1.54. The van der Waals surface area contributed by atoms with Crippen LogP contribution in [0.15, 0.2) is 28.9 Å². The standard InChI is InChI=1S/C11H12FNO/c1-13(2)6-8-7-14-11-9(8)4-3-5-10(11)12/h3-5,7H,6H2,1-2H3. The highest BCUT2D eigenvalue weighted by Crippen LogP contribution is 2.23. The lowest BCUT2D eigenvalue weighted by Gasteiger charge is -2.06. The van der Waals surface area contributed by atoms with Crippen molar-refractivity contribution in [2.24, 2.45) is 0 Å². The molecule has 2 rings (SSSR count). The SMILES string of the molecule is CN(C)Cc1coc2c(F)cccc12. The molecule has 0 unspecified atom stereocenters. The zero-order valence-corrected chi connectivity index (χ0v) is 8.25. The van der Waals surface area contributed by atoms with Gasteiger partial charge in [0, 0.05) is 17.5 Å². The lowest BCUT2D eigenvalue weighted by molar-refractivity contribution is 0.401. The molecule has 0 spiro atoms. The van der Waals surface area contributed by atoms with Crippen molar-refractivity contribution in [2.45, 2.75) is 6.54 Å². The van der Waals surface area contributed by atoms with Crippen molar-refractivity contribution in [1.29, 1.82) is 0 Å². The van der Waals surface area contributed by atoms with Gasteiger partial charge in [0.1, 0.15) is 0 Å². The van der Waals surface area contributed by atoms with E-state index in [4.69, 9.17) is 4.42 Å². The van der Waals surface area contributed by atoms with E-state index < -0.39 is 0 Å². The van der Waals surface area contributed by atoms with Crippen molar-refractivity contribution in [2.75, 3.05) is 14.1 Å². The van der Waals surface area contributed by atoms with Gasteiger partial charge in [-0.2, -0.15) is 0 Å². The number of para-hydroxylation sites is 1. The van der Waals surface area contributed by atoms with Crippen LogP contribution in [0.25, 0.3) is 11.0 Å². The van der Waals surface area contributed by atoms with E-state index in [0.717, 1.165) is 17.5 Å². The van der Waals surface area contributed by atoms with Crippen molar-refractivity contribution in [3.63, 3.8) is 0 Å². The van der Waals surface area contributed by atoms with Crippen LogP contribution >= 0.6 is 0 Å². The maximum Gasteiger partial charge on any atom is 0.169 e. The van der Waals surface area contributed by atoms with Crippen molar-refractivity contribution in [3.05, 3.63) is 35.8 Å². The molecule has 2 nitrogen and oxygen atoms in total. The normalized spacial score (nSPS) is 11.4. The fraction of sp³-hybridized carbons (Fsp3) is 0.273. The van der Waals surface area contributed by atoms with Crippen LogP contribution in [0.1, 0.15) is 5.56 Å². The molecule has 1 heterocycles. The third kappa shape index (κ3) is 1.51. The Balaban J connectivity index is 2.52. The van der Waals surface area contributed by atoms with Crippen molar-refractivity contribution < 1.29 is 8.81 Å². The third-order valence-corrected chi connectivity index (χ3v) is 2.12. The Morgan fingerprint density at radius 3 is 2.86 bits per heavy atom. The summed E-state index contributed by atoms with van der Waals surface area (Å²) in [5.74, 6) is -0.299. The predicted molar refractivity (Wildman–Crippen MR) is 53.6 cm³/mol. The van der Waals surface area contributed by atoms with Crippen LogP contribution in [0, 0.1) is 5.82 Å². The number of rotatable bonds is 2. The van der Waals surface area contributed by atoms with Crippen LogP contribution in [0.5, 0.6) is 0 Å². The molecule has 0 aliphatic carbocycles. The highest BCUT2D eigenvalue weighted by molar-refractivity contribution is 5.81. The summed E-state index contributed by atoms with van der Waals surface area (Å²) in [7, 11) is 3.94. The van der Waals surface area contributed by atoms with Gasteiger partial charge in [-0.15, -0.1) is 0 Å². The molecule has 0 aliphatic heterocycles. The van der Waals surface area contributed by atoms with Gasteiger partial charge in [0.2, 0.25) is 0 Å². The molecule has 74 valence electrons. The second-order valence-corrected chi connectivity index (χ2v) is 3.62. The molecule has 0 aliphatic rings. The Labute approximate surface area is 81.9 Å². The number of halogens is 1. The summed E-state index contributed by atoms with van der Waals surface area (Å²) >= 11 is 0. The Hall–Kier alpha value is -1.35. The maximum atomic E-state index is 13.2. The third-order valence-electron chi connectivity index (χ3n) is 2.12. The highest BCUT2D eigenvalue weighted by Gasteiger charge is 2.09. The van der Waals surface area contributed by atoms with E-state index in [-0.39, 0.29) is 5.82 Å². The molecule has 14 heavy (non-hydrogen) atoms. The Kier molecular flexibility index (Phi) is 2.25. The maximum absolute atomic E-state index is 13.2. The molecule has 0 fully saturated rings. The Bertz CT molecular complexity index is 447. The smallest absolute Gasteiger partial charge is 0.169 e. The second-order valence-electron chi connectivity index (χ2n) is 3.62. The van der Waals surface area contributed by atoms with Crippen LogP contribution in [-0.2, 0) is 6.54 Å². The summed E-state index contributed by atoms with van der Waals surface area (Å²) < 4.78 is 18.4. The van der Waals surface area contributed by atoms with E-state index >= 15 is 0 Å². The van der Waals surface area contributed by atoms with Gasteiger partial charge in [-0.25, -0.2) is 4.39 Å². The van der Waals surface area contributed by atoms with E-state index in [1.807, 2.05) is 25.1 Å². The van der Waals surface area contributed by atoms with E-state index in [9.17, 15) is 4.39 Å². The minimum atomic E-state index is -0.299. The molecule has 2 aromatic rings. The Morgan fingerprint density at radius 1 is 1.36 bits per heavy atom. The van der Waals surface area contributed by atoms with Crippen molar-refractivity contribution >= 4 is 11.0 Å². The molecule has 0 atom stereocenters. The van der Waals surface area contributed by atoms with Crippen LogP contribution in [0.3, 0.4) is 0 Å². The monoisotopic (exact) mass is 193 g/mol. The first-order valence-electron chi connectivity index (χ1n) is 4.48. The summed E-state index contributed by atoms with van der Waals surface area (Å²) in [6.07, 6.45) is 1.62. The molecular weight excluding hydrogens is 181 g/mol. The van der Waals surface area contributed by atoms with Gasteiger partial charge < -0.3 is 9.32 Å². The average molecular weight is 193 g/mol. The fourth-order valence-electron chi connectivity index (χ4n) is 1.54. The zero-order chi connectivity index (χ0) is 10.1. The highest BCUT2D eigenvalue weighted by atomic mass is 19.1. The summed E-state index contributed by atoms with van der Waals surface area (Å²) in [6.45, 7) is 0.760. The lowest BCUT2D eigenvalue weighted by Crippen LogP contribution is -2.09. The van der Waals surface area contributed by atoms with Crippen LogP contribution < -0.4 is 0 Å². The van der Waals surface area contributed by atoms with E-state index in [1.165, 1.54) is 6.07 Å². The molecular formula is C11H12FNO. The zero-order valence-electron chi connectivity index (χ0n) is 8.25. The first kappa shape index (κ1) is 9.21. The second kappa shape index (κ2) is 3.42. The van der Waals surface area contributed by atoms with Gasteiger partial charge in [-0.3, -0.25) is 0 Å². The molecule has 0 amide bonds. The quantitative estimate of drug-likeness (QED) is 0.729. The number of hydrogen-bond donors (Lipinski definition) is 0. The molecule has 0 saturated carbocycles. The van der Waals surface area contributed by atoms with Crippen molar-refractivity contribution in [3.8, 4) is 0 Å². The molecule has 3 heteroatoms. The first-order valence-corrected chi connectivity index (χ1v) is 4.48. The molecule has 0 bridgehead atoms. The van der Waals surface area contributed by atoms with Crippen LogP contribution in [-0.4, -0.2) is 19.0 Å². The summed E-state index contributed by atoms with van der Waals surface area (Å²) in [5, 5.41) is 0.860. The molecule has 1 aromatic heterocycles. The van der Waals surface area contributed by atoms with Crippen LogP contribution in [0.2, 0.25) is 0 Å². The molecule has 1 aromatic carbocycles. The Morgan fingerprint density at radius 2 is 2.14 bits per heavy atom. The summed E-state index contributed by atoms with van der Waals surface area (Å²) in [5.41, 5.74) is 1.37. The largest absolute Gasteiger partial charge is 0.461 e. The van der Waals surface area contributed by atoms with Crippen LogP contribution in [0.4, 0.5) is 4.39 Å². The topological polar surface area (TPSA) is 16.4 Å². The number of nitrogens with zero attached hydrogens (tertiary/aromatic N) is 1. The lowest BCUT2D eigenvalue weighted by atomic mass is 10.1. The van der Waals surface area contributed by atoms with Gasteiger partial charge in [-0.05, 0) is 20.2 Å². The number of benzene rings is 1. The first-order chi connectivity index (χ1) is 6.68. The molecule has 0 saturated heterocycles. The van der Waals surface area contributed by atoms with Gasteiger partial charge in [0.25, 0.3) is 0 Å². The van der Waals surface area contributed by atoms with E-state index in [1.54, 1.807) is 12.3 Å². The number of hydrogen-bond acceptors (Lipinski definition) is 2. The minimum Gasteiger partial charge on any atom is -0.461 e. The summed E-state index contributed by atoms with van der Waals surface area (Å²) in [4.78, 5) is 2.02. The number of furan rings is 1. The number of fused-ring (bicyclic) bond motifs is 1. The molecule has 0 radical (unpaired) electrons.